The minimum atomic E-state index is 0.703. The third-order valence-electron chi connectivity index (χ3n) is 3.67. The van der Waals surface area contributed by atoms with E-state index in [0.717, 1.165) is 19.0 Å². The largest absolute Gasteiger partial charge is 0.337 e. The van der Waals surface area contributed by atoms with Gasteiger partial charge in [0, 0.05) is 31.5 Å². The van der Waals surface area contributed by atoms with Gasteiger partial charge in [-0.3, -0.25) is 0 Å². The Hall–Kier alpha value is -0.870. The molecule has 1 aliphatic heterocycles. The van der Waals surface area contributed by atoms with Crippen molar-refractivity contribution >= 4 is 0 Å². The normalized spacial score (nSPS) is 26.2. The van der Waals surface area contributed by atoms with Gasteiger partial charge in [0.1, 0.15) is 0 Å². The lowest BCUT2D eigenvalue weighted by atomic mass is 9.94. The number of hydrogen-bond donors (Lipinski definition) is 1. The maximum absolute atomic E-state index is 4.05. The molecule has 96 valence electrons. The van der Waals surface area contributed by atoms with Crippen molar-refractivity contribution in [3.63, 3.8) is 0 Å². The van der Waals surface area contributed by atoms with E-state index in [9.17, 15) is 0 Å². The van der Waals surface area contributed by atoms with Crippen LogP contribution in [0.4, 0.5) is 0 Å². The fourth-order valence-corrected chi connectivity index (χ4v) is 2.63. The summed E-state index contributed by atoms with van der Waals surface area (Å²) in [6.45, 7) is 6.97. The maximum Gasteiger partial charge on any atom is 0.0945 e. The Balaban J connectivity index is 1.61. The third-order valence-corrected chi connectivity index (χ3v) is 3.67. The second kappa shape index (κ2) is 6.17. The summed E-state index contributed by atoms with van der Waals surface area (Å²) >= 11 is 0. The first kappa shape index (κ1) is 12.6. The van der Waals surface area contributed by atoms with Gasteiger partial charge < -0.3 is 14.8 Å². The monoisotopic (exact) mass is 236 g/mol. The summed E-state index contributed by atoms with van der Waals surface area (Å²) < 4.78 is 2.14. The number of likely N-dealkylation sites (tertiary alicyclic amines) is 1. The summed E-state index contributed by atoms with van der Waals surface area (Å²) in [6.07, 6.45) is 8.21. The highest BCUT2D eigenvalue weighted by Gasteiger charge is 2.22. The average Bonchev–Trinajstić information content (AvgIpc) is 2.79. The molecular formula is C13H24N4. The first-order valence-electron chi connectivity index (χ1n) is 6.63. The molecule has 17 heavy (non-hydrogen) atoms. The zero-order valence-electron chi connectivity index (χ0n) is 11.0. The average molecular weight is 236 g/mol. The van der Waals surface area contributed by atoms with E-state index in [0.29, 0.717) is 6.04 Å². The fraction of sp³-hybridized carbons (Fsp3) is 0.769. The van der Waals surface area contributed by atoms with Crippen LogP contribution in [0.5, 0.6) is 0 Å². The second-order valence-electron chi connectivity index (χ2n) is 5.24. The van der Waals surface area contributed by atoms with Crippen LogP contribution in [-0.4, -0.2) is 47.2 Å². The number of piperidine rings is 1. The summed E-state index contributed by atoms with van der Waals surface area (Å²) in [6, 6.07) is 0.703. The molecule has 4 nitrogen and oxygen atoms in total. The van der Waals surface area contributed by atoms with Crippen molar-refractivity contribution in [2.24, 2.45) is 5.92 Å². The van der Waals surface area contributed by atoms with E-state index in [1.807, 2.05) is 18.7 Å². The predicted octanol–water partition coefficient (Wildman–Crippen LogP) is 1.20. The molecule has 1 saturated heterocycles. The Morgan fingerprint density at radius 1 is 1.47 bits per heavy atom. The number of rotatable bonds is 5. The van der Waals surface area contributed by atoms with Crippen molar-refractivity contribution in [1.82, 2.24) is 19.8 Å². The number of hydrogen-bond acceptors (Lipinski definition) is 3. The molecule has 1 aromatic heterocycles. The van der Waals surface area contributed by atoms with E-state index in [1.165, 1.54) is 25.9 Å². The Morgan fingerprint density at radius 3 is 3.06 bits per heavy atom. The standard InChI is InChI=1S/C13H24N4/c1-12-10-16(2)8-4-13(12)15-5-3-7-17-9-6-14-11-17/h6,9,11-13,15H,3-5,7-8,10H2,1-2H3. The Labute approximate surface area is 104 Å². The van der Waals surface area contributed by atoms with Gasteiger partial charge in [0.15, 0.2) is 0 Å². The Morgan fingerprint density at radius 2 is 2.35 bits per heavy atom. The van der Waals surface area contributed by atoms with Crippen molar-refractivity contribution in [2.45, 2.75) is 32.4 Å². The number of nitrogens with one attached hydrogen (secondary N) is 1. The van der Waals surface area contributed by atoms with Crippen LogP contribution in [0.3, 0.4) is 0 Å². The van der Waals surface area contributed by atoms with Crippen LogP contribution in [-0.2, 0) is 6.54 Å². The van der Waals surface area contributed by atoms with Crippen molar-refractivity contribution in [1.29, 1.82) is 0 Å². The van der Waals surface area contributed by atoms with Crippen molar-refractivity contribution < 1.29 is 0 Å². The molecule has 1 N–H and O–H groups in total. The smallest absolute Gasteiger partial charge is 0.0945 e. The van der Waals surface area contributed by atoms with E-state index in [2.05, 4.69) is 33.7 Å². The third kappa shape index (κ3) is 3.82. The predicted molar refractivity (Wildman–Crippen MR) is 69.9 cm³/mol. The number of aryl methyl sites for hydroxylation is 1. The van der Waals surface area contributed by atoms with Gasteiger partial charge in [-0.1, -0.05) is 6.92 Å². The van der Waals surface area contributed by atoms with Gasteiger partial charge in [-0.25, -0.2) is 4.98 Å². The van der Waals surface area contributed by atoms with Gasteiger partial charge >= 0.3 is 0 Å². The number of imidazole rings is 1. The van der Waals surface area contributed by atoms with Crippen molar-refractivity contribution in [3.8, 4) is 0 Å². The number of nitrogens with zero attached hydrogens (tertiary/aromatic N) is 3. The zero-order chi connectivity index (χ0) is 12.1. The van der Waals surface area contributed by atoms with Crippen molar-refractivity contribution in [3.05, 3.63) is 18.7 Å². The van der Waals surface area contributed by atoms with Crippen LogP contribution >= 0.6 is 0 Å². The summed E-state index contributed by atoms with van der Waals surface area (Å²) in [5, 5.41) is 3.69. The summed E-state index contributed by atoms with van der Waals surface area (Å²) in [5.74, 6) is 0.766. The maximum atomic E-state index is 4.05. The summed E-state index contributed by atoms with van der Waals surface area (Å²) in [7, 11) is 2.21. The molecule has 0 radical (unpaired) electrons. The highest BCUT2D eigenvalue weighted by atomic mass is 15.1. The molecule has 2 heterocycles. The SMILES string of the molecule is CC1CN(C)CCC1NCCCn1ccnc1. The lowest BCUT2D eigenvalue weighted by molar-refractivity contribution is 0.175. The molecule has 2 unspecified atom stereocenters. The van der Waals surface area contributed by atoms with E-state index >= 15 is 0 Å². The van der Waals surface area contributed by atoms with Gasteiger partial charge in [0.05, 0.1) is 6.33 Å². The zero-order valence-corrected chi connectivity index (χ0v) is 11.0. The van der Waals surface area contributed by atoms with Crippen LogP contribution in [0.1, 0.15) is 19.8 Å². The fourth-order valence-electron chi connectivity index (χ4n) is 2.63. The highest BCUT2D eigenvalue weighted by Crippen LogP contribution is 2.15. The Kier molecular flexibility index (Phi) is 4.57. The van der Waals surface area contributed by atoms with Crippen LogP contribution in [0.15, 0.2) is 18.7 Å². The molecule has 2 atom stereocenters. The van der Waals surface area contributed by atoms with E-state index in [1.54, 1.807) is 0 Å². The van der Waals surface area contributed by atoms with Gasteiger partial charge in [0.2, 0.25) is 0 Å². The second-order valence-corrected chi connectivity index (χ2v) is 5.24. The molecule has 0 aromatic carbocycles. The molecule has 1 fully saturated rings. The minimum absolute atomic E-state index is 0.703. The molecule has 0 amide bonds. The molecule has 0 aliphatic carbocycles. The van der Waals surface area contributed by atoms with E-state index < -0.39 is 0 Å². The number of aromatic nitrogens is 2. The van der Waals surface area contributed by atoms with Crippen LogP contribution in [0, 0.1) is 5.92 Å². The molecule has 0 saturated carbocycles. The molecule has 4 heteroatoms. The highest BCUT2D eigenvalue weighted by molar-refractivity contribution is 4.81. The van der Waals surface area contributed by atoms with Gasteiger partial charge in [-0.05, 0) is 38.9 Å². The lowest BCUT2D eigenvalue weighted by Crippen LogP contribution is -2.47. The Bertz CT molecular complexity index is 309. The summed E-state index contributed by atoms with van der Waals surface area (Å²) in [4.78, 5) is 6.47. The van der Waals surface area contributed by atoms with Gasteiger partial charge in [-0.2, -0.15) is 0 Å². The van der Waals surface area contributed by atoms with Crippen LogP contribution in [0.25, 0.3) is 0 Å². The minimum Gasteiger partial charge on any atom is -0.337 e. The molecule has 1 aliphatic rings. The summed E-state index contributed by atoms with van der Waals surface area (Å²) in [5.41, 5.74) is 0. The molecule has 1 aromatic rings. The van der Waals surface area contributed by atoms with Gasteiger partial charge in [-0.15, -0.1) is 0 Å². The van der Waals surface area contributed by atoms with E-state index in [4.69, 9.17) is 0 Å². The van der Waals surface area contributed by atoms with Gasteiger partial charge in [0.25, 0.3) is 0 Å². The van der Waals surface area contributed by atoms with E-state index in [-0.39, 0.29) is 0 Å². The molecule has 2 rings (SSSR count). The first-order valence-corrected chi connectivity index (χ1v) is 6.63. The molecular weight excluding hydrogens is 212 g/mol. The molecule has 0 spiro atoms. The topological polar surface area (TPSA) is 33.1 Å². The quantitative estimate of drug-likeness (QED) is 0.780. The van der Waals surface area contributed by atoms with Crippen LogP contribution in [0.2, 0.25) is 0 Å². The van der Waals surface area contributed by atoms with Crippen molar-refractivity contribution in [2.75, 3.05) is 26.7 Å². The molecule has 0 bridgehead atoms. The lowest BCUT2D eigenvalue weighted by Gasteiger charge is -2.35. The first-order chi connectivity index (χ1) is 8.25. The van der Waals surface area contributed by atoms with Crippen LogP contribution < -0.4 is 5.32 Å².